The maximum absolute atomic E-state index is 11.6. The molecule has 0 radical (unpaired) electrons. The van der Waals surface area contributed by atoms with Gasteiger partial charge >= 0.3 is 12.0 Å². The highest BCUT2D eigenvalue weighted by Crippen LogP contribution is 2.26. The number of urea groups is 1. The summed E-state index contributed by atoms with van der Waals surface area (Å²) in [5.41, 5.74) is 0.828. The van der Waals surface area contributed by atoms with E-state index in [0.29, 0.717) is 6.54 Å². The summed E-state index contributed by atoms with van der Waals surface area (Å²) in [7, 11) is 0. The lowest BCUT2D eigenvalue weighted by Crippen LogP contribution is -2.50. The molecule has 0 aromatic heterocycles. The molecule has 1 atom stereocenters. The van der Waals surface area contributed by atoms with E-state index >= 15 is 0 Å². The van der Waals surface area contributed by atoms with Crippen LogP contribution in [0.2, 0.25) is 0 Å². The van der Waals surface area contributed by atoms with Crippen LogP contribution in [-0.4, -0.2) is 29.7 Å². The average Bonchev–Trinajstić information content (AvgIpc) is 2.34. The second kappa shape index (κ2) is 7.03. The number of amides is 2. The molecular weight excluding hydrogens is 232 g/mol. The molecule has 5 nitrogen and oxygen atoms in total. The third kappa shape index (κ3) is 4.77. The first kappa shape index (κ1) is 14.5. The molecule has 1 unspecified atom stereocenters. The van der Waals surface area contributed by atoms with E-state index in [0.717, 1.165) is 37.7 Å². The van der Waals surface area contributed by atoms with Gasteiger partial charge in [-0.05, 0) is 25.7 Å². The van der Waals surface area contributed by atoms with Crippen molar-refractivity contribution in [2.24, 2.45) is 5.92 Å². The van der Waals surface area contributed by atoms with Crippen LogP contribution in [0.15, 0.2) is 12.2 Å². The summed E-state index contributed by atoms with van der Waals surface area (Å²) < 4.78 is 0. The zero-order chi connectivity index (χ0) is 13.5. The maximum atomic E-state index is 11.6. The Hall–Kier alpha value is -1.52. The monoisotopic (exact) mass is 254 g/mol. The molecule has 1 fully saturated rings. The Morgan fingerprint density at radius 1 is 1.33 bits per heavy atom. The molecular formula is C13H22N2O3. The quantitative estimate of drug-likeness (QED) is 0.656. The minimum atomic E-state index is -0.952. The molecule has 2 amide bonds. The topological polar surface area (TPSA) is 78.4 Å². The van der Waals surface area contributed by atoms with E-state index < -0.39 is 18.0 Å². The van der Waals surface area contributed by atoms with Crippen molar-refractivity contribution in [1.82, 2.24) is 10.6 Å². The summed E-state index contributed by atoms with van der Waals surface area (Å²) in [6.45, 7) is 5.84. The fraction of sp³-hybridized carbons (Fsp3) is 0.692. The van der Waals surface area contributed by atoms with Gasteiger partial charge in [0, 0.05) is 6.54 Å². The number of nitrogens with one attached hydrogen (secondary N) is 2. The summed E-state index contributed by atoms with van der Waals surface area (Å²) in [4.78, 5) is 22.8. The Bertz CT molecular complexity index is 322. The number of carboxylic acid groups (broad SMARTS) is 1. The maximum Gasteiger partial charge on any atom is 0.326 e. The van der Waals surface area contributed by atoms with Crippen LogP contribution < -0.4 is 10.6 Å². The molecule has 1 aliphatic rings. The van der Waals surface area contributed by atoms with Crippen LogP contribution in [0.5, 0.6) is 0 Å². The lowest BCUT2D eigenvalue weighted by Gasteiger charge is -2.28. The molecule has 0 aliphatic heterocycles. The van der Waals surface area contributed by atoms with Gasteiger partial charge in [0.2, 0.25) is 0 Å². The van der Waals surface area contributed by atoms with E-state index in [4.69, 9.17) is 0 Å². The van der Waals surface area contributed by atoms with E-state index in [1.54, 1.807) is 6.92 Å². The Labute approximate surface area is 108 Å². The molecule has 1 aliphatic carbocycles. The van der Waals surface area contributed by atoms with Gasteiger partial charge in [0.25, 0.3) is 0 Å². The normalized spacial score (nSPS) is 17.8. The van der Waals surface area contributed by atoms with E-state index in [-0.39, 0.29) is 5.92 Å². The minimum Gasteiger partial charge on any atom is -0.480 e. The third-order valence-electron chi connectivity index (χ3n) is 3.22. The highest BCUT2D eigenvalue weighted by atomic mass is 16.4. The Balaban J connectivity index is 2.48. The standard InChI is InChI=1S/C13H22N2O3/c1-9(2)8-14-13(18)15-11(12(16)17)10-6-4-3-5-7-10/h10-11H,1,3-8H2,2H3,(H,16,17)(H2,14,15,18). The molecule has 0 aromatic rings. The van der Waals surface area contributed by atoms with Crippen molar-refractivity contribution < 1.29 is 14.7 Å². The molecule has 102 valence electrons. The molecule has 0 spiro atoms. The SMILES string of the molecule is C=C(C)CNC(=O)NC(C(=O)O)C1CCCCC1. The lowest BCUT2D eigenvalue weighted by atomic mass is 9.84. The number of carbonyl (C=O) groups is 2. The van der Waals surface area contributed by atoms with Crippen molar-refractivity contribution in [3.8, 4) is 0 Å². The lowest BCUT2D eigenvalue weighted by molar-refractivity contribution is -0.141. The van der Waals surface area contributed by atoms with Gasteiger partial charge in [-0.2, -0.15) is 0 Å². The van der Waals surface area contributed by atoms with Gasteiger partial charge in [0.05, 0.1) is 0 Å². The van der Waals surface area contributed by atoms with Crippen molar-refractivity contribution in [1.29, 1.82) is 0 Å². The number of aliphatic carboxylic acids is 1. The summed E-state index contributed by atoms with van der Waals surface area (Å²) in [6, 6.07) is -1.22. The van der Waals surface area contributed by atoms with Crippen molar-refractivity contribution in [3.63, 3.8) is 0 Å². The molecule has 3 N–H and O–H groups in total. The van der Waals surface area contributed by atoms with E-state index in [9.17, 15) is 14.7 Å². The van der Waals surface area contributed by atoms with Gasteiger partial charge in [0.1, 0.15) is 6.04 Å². The average molecular weight is 254 g/mol. The minimum absolute atomic E-state index is 0.0480. The van der Waals surface area contributed by atoms with Crippen molar-refractivity contribution in [2.45, 2.75) is 45.1 Å². The van der Waals surface area contributed by atoms with E-state index in [1.807, 2.05) is 0 Å². The van der Waals surface area contributed by atoms with Crippen LogP contribution in [0.25, 0.3) is 0 Å². The molecule has 1 saturated carbocycles. The van der Waals surface area contributed by atoms with Crippen LogP contribution in [0.3, 0.4) is 0 Å². The number of hydrogen-bond donors (Lipinski definition) is 3. The van der Waals surface area contributed by atoms with Crippen molar-refractivity contribution in [2.75, 3.05) is 6.54 Å². The van der Waals surface area contributed by atoms with Crippen LogP contribution in [-0.2, 0) is 4.79 Å². The first-order valence-corrected chi connectivity index (χ1v) is 6.42. The molecule has 5 heteroatoms. The largest absolute Gasteiger partial charge is 0.480 e. The first-order valence-electron chi connectivity index (χ1n) is 6.42. The predicted molar refractivity (Wildman–Crippen MR) is 69.3 cm³/mol. The van der Waals surface area contributed by atoms with Gasteiger partial charge in [-0.1, -0.05) is 31.4 Å². The molecule has 0 aromatic carbocycles. The second-order valence-electron chi connectivity index (χ2n) is 5.00. The third-order valence-corrected chi connectivity index (χ3v) is 3.22. The summed E-state index contributed by atoms with van der Waals surface area (Å²) >= 11 is 0. The molecule has 0 bridgehead atoms. The predicted octanol–water partition coefficient (Wildman–Crippen LogP) is 1.90. The molecule has 1 rings (SSSR count). The van der Waals surface area contributed by atoms with Gasteiger partial charge in [-0.3, -0.25) is 0 Å². The Morgan fingerprint density at radius 3 is 2.44 bits per heavy atom. The molecule has 0 heterocycles. The van der Waals surface area contributed by atoms with Gasteiger partial charge in [-0.25, -0.2) is 9.59 Å². The van der Waals surface area contributed by atoms with Crippen LogP contribution in [0, 0.1) is 5.92 Å². The smallest absolute Gasteiger partial charge is 0.326 e. The Morgan fingerprint density at radius 2 is 1.94 bits per heavy atom. The van der Waals surface area contributed by atoms with Crippen molar-refractivity contribution >= 4 is 12.0 Å². The fourth-order valence-corrected chi connectivity index (χ4v) is 2.27. The number of hydrogen-bond acceptors (Lipinski definition) is 2. The molecule has 0 saturated heterocycles. The van der Waals surface area contributed by atoms with Gasteiger partial charge in [0.15, 0.2) is 0 Å². The van der Waals surface area contributed by atoms with Crippen LogP contribution in [0.4, 0.5) is 4.79 Å². The summed E-state index contributed by atoms with van der Waals surface area (Å²) in [5.74, 6) is -0.904. The number of rotatable bonds is 5. The highest BCUT2D eigenvalue weighted by molar-refractivity contribution is 5.82. The van der Waals surface area contributed by atoms with Crippen LogP contribution >= 0.6 is 0 Å². The van der Waals surface area contributed by atoms with Gasteiger partial charge < -0.3 is 15.7 Å². The number of carbonyl (C=O) groups excluding carboxylic acids is 1. The van der Waals surface area contributed by atoms with Gasteiger partial charge in [-0.15, -0.1) is 0 Å². The second-order valence-corrected chi connectivity index (χ2v) is 5.00. The highest BCUT2D eigenvalue weighted by Gasteiger charge is 2.30. The number of carboxylic acids is 1. The summed E-state index contributed by atoms with van der Waals surface area (Å²) in [6.07, 6.45) is 4.99. The first-order chi connectivity index (χ1) is 8.50. The zero-order valence-electron chi connectivity index (χ0n) is 10.9. The summed E-state index contributed by atoms with van der Waals surface area (Å²) in [5, 5.41) is 14.3. The van der Waals surface area contributed by atoms with E-state index in [1.165, 1.54) is 0 Å². The van der Waals surface area contributed by atoms with Crippen LogP contribution in [0.1, 0.15) is 39.0 Å². The Kier molecular flexibility index (Phi) is 5.68. The molecule has 18 heavy (non-hydrogen) atoms. The fourth-order valence-electron chi connectivity index (χ4n) is 2.27. The van der Waals surface area contributed by atoms with E-state index in [2.05, 4.69) is 17.2 Å². The zero-order valence-corrected chi connectivity index (χ0v) is 10.9. The van der Waals surface area contributed by atoms with Crippen molar-refractivity contribution in [3.05, 3.63) is 12.2 Å².